The third-order valence-electron chi connectivity index (χ3n) is 6.78. The predicted molar refractivity (Wildman–Crippen MR) is 137 cm³/mol. The van der Waals surface area contributed by atoms with E-state index in [2.05, 4.69) is 15.6 Å². The number of amides is 2. The maximum absolute atomic E-state index is 13.7. The van der Waals surface area contributed by atoms with Crippen molar-refractivity contribution in [1.29, 1.82) is 0 Å². The van der Waals surface area contributed by atoms with Gasteiger partial charge in [0.05, 0.1) is 10.6 Å². The van der Waals surface area contributed by atoms with E-state index < -0.39 is 0 Å². The van der Waals surface area contributed by atoms with Crippen LogP contribution in [0.15, 0.2) is 48.5 Å². The fourth-order valence-corrected chi connectivity index (χ4v) is 5.87. The molecule has 1 saturated carbocycles. The second kappa shape index (κ2) is 9.43. The minimum atomic E-state index is -0.116. The van der Waals surface area contributed by atoms with Crippen LogP contribution in [0.3, 0.4) is 0 Å². The van der Waals surface area contributed by atoms with E-state index in [1.807, 2.05) is 47.4 Å². The molecular formula is C27H28N4O3S. The van der Waals surface area contributed by atoms with E-state index in [4.69, 9.17) is 4.74 Å². The summed E-state index contributed by atoms with van der Waals surface area (Å²) in [6, 6.07) is 16.2. The molecule has 3 aromatic rings. The first-order chi connectivity index (χ1) is 17.2. The molecule has 1 saturated heterocycles. The Hall–Kier alpha value is -3.23. The zero-order valence-electron chi connectivity index (χ0n) is 19.5. The molecular weight excluding hydrogens is 460 g/mol. The van der Waals surface area contributed by atoms with Gasteiger partial charge in [0.2, 0.25) is 0 Å². The van der Waals surface area contributed by atoms with E-state index in [1.54, 1.807) is 6.07 Å². The Morgan fingerprint density at radius 2 is 1.83 bits per heavy atom. The number of anilines is 2. The first kappa shape index (κ1) is 22.2. The van der Waals surface area contributed by atoms with Crippen LogP contribution in [0.1, 0.15) is 51.4 Å². The van der Waals surface area contributed by atoms with Gasteiger partial charge in [-0.1, -0.05) is 24.3 Å². The molecule has 2 N–H and O–H groups in total. The summed E-state index contributed by atoms with van der Waals surface area (Å²) in [6.07, 6.45) is 4.68. The Morgan fingerprint density at radius 3 is 2.66 bits per heavy atom. The zero-order chi connectivity index (χ0) is 23.8. The van der Waals surface area contributed by atoms with E-state index in [9.17, 15) is 9.59 Å². The second-order valence-corrected chi connectivity index (χ2v) is 10.4. The Kier molecular flexibility index (Phi) is 6.00. The first-order valence-corrected chi connectivity index (χ1v) is 13.1. The van der Waals surface area contributed by atoms with Gasteiger partial charge in [-0.05, 0) is 61.9 Å². The molecule has 180 valence electrons. The summed E-state index contributed by atoms with van der Waals surface area (Å²) < 4.78 is 5.44. The summed E-state index contributed by atoms with van der Waals surface area (Å²) in [6.45, 7) is 2.02. The van der Waals surface area contributed by atoms with Crippen molar-refractivity contribution in [3.05, 3.63) is 64.7 Å². The lowest BCUT2D eigenvalue weighted by atomic mass is 10.1. The molecule has 6 rings (SSSR count). The number of nitrogens with one attached hydrogen (secondary N) is 2. The lowest BCUT2D eigenvalue weighted by Gasteiger charge is -2.25. The van der Waals surface area contributed by atoms with Crippen LogP contribution in [0.5, 0.6) is 0 Å². The summed E-state index contributed by atoms with van der Waals surface area (Å²) in [5.41, 5.74) is 3.38. The Labute approximate surface area is 208 Å². The predicted octanol–water partition coefficient (Wildman–Crippen LogP) is 4.50. The summed E-state index contributed by atoms with van der Waals surface area (Å²) >= 11 is 1.51. The van der Waals surface area contributed by atoms with Crippen LogP contribution in [-0.4, -0.2) is 48.6 Å². The fourth-order valence-electron chi connectivity index (χ4n) is 4.73. The molecule has 0 atom stereocenters. The summed E-state index contributed by atoms with van der Waals surface area (Å²) in [5.74, 6) is 0.611. The van der Waals surface area contributed by atoms with Crippen LogP contribution in [0.2, 0.25) is 0 Å². The maximum Gasteiger partial charge on any atom is 0.276 e. The summed E-state index contributed by atoms with van der Waals surface area (Å²) in [4.78, 5) is 34.6. The molecule has 7 nitrogen and oxygen atoms in total. The molecule has 8 heteroatoms. The Morgan fingerprint density at radius 1 is 1.00 bits per heavy atom. The molecule has 0 radical (unpaired) electrons. The number of ether oxygens (including phenoxy) is 1. The number of pyridine rings is 1. The number of hydrogen-bond acceptors (Lipinski definition) is 6. The SMILES string of the molecule is O=C(NC1CC1)c1cc2c(s1)-c1ccccc1N(C(=O)c1cccc(NC3CCOCC3)n1)CC2. The normalized spacial score (nSPS) is 17.8. The van der Waals surface area contributed by atoms with Crippen LogP contribution in [0.4, 0.5) is 11.5 Å². The van der Waals surface area contributed by atoms with Crippen molar-refractivity contribution in [1.82, 2.24) is 10.3 Å². The Bertz CT molecular complexity index is 1260. The number of fused-ring (bicyclic) bond motifs is 3. The zero-order valence-corrected chi connectivity index (χ0v) is 20.3. The monoisotopic (exact) mass is 488 g/mol. The van der Waals surface area contributed by atoms with Crippen molar-refractivity contribution >= 4 is 34.7 Å². The van der Waals surface area contributed by atoms with Crippen molar-refractivity contribution in [2.45, 2.75) is 44.2 Å². The van der Waals surface area contributed by atoms with Gasteiger partial charge in [0.25, 0.3) is 11.8 Å². The molecule has 35 heavy (non-hydrogen) atoms. The molecule has 3 aliphatic rings. The van der Waals surface area contributed by atoms with Gasteiger partial charge >= 0.3 is 0 Å². The van der Waals surface area contributed by atoms with Crippen LogP contribution in [-0.2, 0) is 11.2 Å². The minimum absolute atomic E-state index is 0.00836. The van der Waals surface area contributed by atoms with Crippen LogP contribution in [0, 0.1) is 0 Å². The third kappa shape index (κ3) is 4.68. The highest BCUT2D eigenvalue weighted by atomic mass is 32.1. The lowest BCUT2D eigenvalue weighted by molar-refractivity contribution is 0.0903. The van der Waals surface area contributed by atoms with Gasteiger partial charge in [0.1, 0.15) is 11.5 Å². The molecule has 2 fully saturated rings. The van der Waals surface area contributed by atoms with Crippen molar-refractivity contribution in [3.63, 3.8) is 0 Å². The molecule has 4 heterocycles. The number of carbonyl (C=O) groups excluding carboxylic acids is 2. The highest BCUT2D eigenvalue weighted by Gasteiger charge is 2.29. The number of hydrogen-bond donors (Lipinski definition) is 2. The lowest BCUT2D eigenvalue weighted by Crippen LogP contribution is -2.33. The van der Waals surface area contributed by atoms with Gasteiger partial charge in [0, 0.05) is 42.3 Å². The average molecular weight is 489 g/mol. The Balaban J connectivity index is 1.27. The van der Waals surface area contributed by atoms with Gasteiger partial charge in [0.15, 0.2) is 0 Å². The van der Waals surface area contributed by atoms with Gasteiger partial charge in [-0.2, -0.15) is 0 Å². The summed E-state index contributed by atoms with van der Waals surface area (Å²) in [5, 5.41) is 6.54. The number of carbonyl (C=O) groups is 2. The summed E-state index contributed by atoms with van der Waals surface area (Å²) in [7, 11) is 0. The molecule has 0 spiro atoms. The quantitative estimate of drug-likeness (QED) is 0.553. The minimum Gasteiger partial charge on any atom is -0.381 e. The number of para-hydroxylation sites is 1. The van der Waals surface area contributed by atoms with Crippen molar-refractivity contribution in [2.24, 2.45) is 0 Å². The number of rotatable bonds is 5. The molecule has 2 aliphatic heterocycles. The van der Waals surface area contributed by atoms with E-state index in [0.29, 0.717) is 30.7 Å². The standard InChI is InChI=1S/C27H28N4O3S/c32-26(29-18-8-9-18)23-16-17-10-13-31(22-6-2-1-4-20(22)25(17)35-23)27(33)21-5-3-7-24(30-21)28-19-11-14-34-15-12-19/h1-7,16,18-19H,8-15H2,(H,28,30)(H,29,32). The average Bonchev–Trinajstić information content (AvgIpc) is 3.63. The largest absolute Gasteiger partial charge is 0.381 e. The van der Waals surface area contributed by atoms with Crippen molar-refractivity contribution in [2.75, 3.05) is 30.0 Å². The van der Waals surface area contributed by atoms with Crippen molar-refractivity contribution in [3.8, 4) is 10.4 Å². The highest BCUT2D eigenvalue weighted by Crippen LogP contribution is 2.42. The number of aromatic nitrogens is 1. The van der Waals surface area contributed by atoms with Gasteiger partial charge in [-0.25, -0.2) is 4.98 Å². The number of benzene rings is 1. The van der Waals surface area contributed by atoms with Gasteiger partial charge < -0.3 is 20.3 Å². The molecule has 1 aliphatic carbocycles. The van der Waals surface area contributed by atoms with E-state index in [-0.39, 0.29) is 11.8 Å². The third-order valence-corrected chi connectivity index (χ3v) is 7.99. The fraction of sp³-hybridized carbons (Fsp3) is 0.370. The van der Waals surface area contributed by atoms with Gasteiger partial charge in [-0.15, -0.1) is 11.3 Å². The maximum atomic E-state index is 13.7. The number of thiophene rings is 1. The van der Waals surface area contributed by atoms with E-state index in [0.717, 1.165) is 71.3 Å². The molecule has 2 aromatic heterocycles. The molecule has 0 unspecified atom stereocenters. The first-order valence-electron chi connectivity index (χ1n) is 12.3. The molecule has 2 amide bonds. The van der Waals surface area contributed by atoms with Gasteiger partial charge in [-0.3, -0.25) is 9.59 Å². The van der Waals surface area contributed by atoms with Crippen molar-refractivity contribution < 1.29 is 14.3 Å². The highest BCUT2D eigenvalue weighted by molar-refractivity contribution is 7.17. The number of nitrogens with zero attached hydrogens (tertiary/aromatic N) is 2. The van der Waals surface area contributed by atoms with Crippen LogP contribution >= 0.6 is 11.3 Å². The van der Waals surface area contributed by atoms with Crippen LogP contribution < -0.4 is 15.5 Å². The molecule has 0 bridgehead atoms. The van der Waals surface area contributed by atoms with E-state index in [1.165, 1.54) is 11.3 Å². The topological polar surface area (TPSA) is 83.6 Å². The molecule has 1 aromatic carbocycles. The van der Waals surface area contributed by atoms with Crippen LogP contribution in [0.25, 0.3) is 10.4 Å². The van der Waals surface area contributed by atoms with E-state index >= 15 is 0 Å². The smallest absolute Gasteiger partial charge is 0.276 e. The second-order valence-electron chi connectivity index (χ2n) is 9.38.